The molecule has 14 heavy (non-hydrogen) atoms. The van der Waals surface area contributed by atoms with Gasteiger partial charge in [0.05, 0.1) is 10.6 Å². The SMILES string of the molecule is CC(C)C(O)CNc1ncc(Br)cn1. The maximum Gasteiger partial charge on any atom is 0.222 e. The zero-order chi connectivity index (χ0) is 10.6. The molecular formula is C9H14BrN3O. The standard InChI is InChI=1S/C9H14BrN3O/c1-6(2)8(14)5-13-9-11-3-7(10)4-12-9/h3-4,6,8,14H,5H2,1-2H3,(H,11,12,13). The van der Waals surface area contributed by atoms with Gasteiger partial charge in [-0.3, -0.25) is 0 Å². The van der Waals surface area contributed by atoms with E-state index in [1.54, 1.807) is 12.4 Å². The fourth-order valence-electron chi connectivity index (χ4n) is 0.835. The van der Waals surface area contributed by atoms with Gasteiger partial charge in [0.25, 0.3) is 0 Å². The smallest absolute Gasteiger partial charge is 0.222 e. The van der Waals surface area contributed by atoms with Crippen molar-refractivity contribution in [2.75, 3.05) is 11.9 Å². The molecule has 0 bridgehead atoms. The predicted molar refractivity (Wildman–Crippen MR) is 59.1 cm³/mol. The Hall–Kier alpha value is -0.680. The van der Waals surface area contributed by atoms with Crippen LogP contribution in [0.5, 0.6) is 0 Å². The lowest BCUT2D eigenvalue weighted by atomic mass is 10.1. The highest BCUT2D eigenvalue weighted by Gasteiger charge is 2.08. The van der Waals surface area contributed by atoms with E-state index < -0.39 is 0 Å². The van der Waals surface area contributed by atoms with Crippen molar-refractivity contribution in [1.82, 2.24) is 9.97 Å². The lowest BCUT2D eigenvalue weighted by molar-refractivity contribution is 0.137. The molecule has 1 atom stereocenters. The van der Waals surface area contributed by atoms with Crippen LogP contribution in [-0.4, -0.2) is 27.7 Å². The molecule has 1 aromatic heterocycles. The van der Waals surface area contributed by atoms with E-state index in [9.17, 15) is 5.11 Å². The van der Waals surface area contributed by atoms with Crippen molar-refractivity contribution in [2.24, 2.45) is 5.92 Å². The zero-order valence-corrected chi connectivity index (χ0v) is 9.82. The molecule has 0 spiro atoms. The topological polar surface area (TPSA) is 58.0 Å². The lowest BCUT2D eigenvalue weighted by Gasteiger charge is -2.14. The third-order valence-electron chi connectivity index (χ3n) is 1.86. The van der Waals surface area contributed by atoms with Crippen LogP contribution < -0.4 is 5.32 Å². The van der Waals surface area contributed by atoms with Crippen LogP contribution in [0.3, 0.4) is 0 Å². The van der Waals surface area contributed by atoms with Gasteiger partial charge in [-0.05, 0) is 21.8 Å². The first kappa shape index (κ1) is 11.4. The molecule has 4 nitrogen and oxygen atoms in total. The molecule has 5 heteroatoms. The Kier molecular flexibility index (Phi) is 4.28. The summed E-state index contributed by atoms with van der Waals surface area (Å²) in [4.78, 5) is 8.06. The number of nitrogens with one attached hydrogen (secondary N) is 1. The molecule has 0 saturated carbocycles. The number of hydrogen-bond acceptors (Lipinski definition) is 4. The third kappa shape index (κ3) is 3.59. The van der Waals surface area contributed by atoms with E-state index in [1.807, 2.05) is 13.8 Å². The average Bonchev–Trinajstić information content (AvgIpc) is 2.16. The van der Waals surface area contributed by atoms with E-state index in [2.05, 4.69) is 31.2 Å². The summed E-state index contributed by atoms with van der Waals surface area (Å²) in [6.45, 7) is 4.41. The highest BCUT2D eigenvalue weighted by atomic mass is 79.9. The average molecular weight is 260 g/mol. The van der Waals surface area contributed by atoms with Crippen molar-refractivity contribution in [2.45, 2.75) is 20.0 Å². The molecule has 0 saturated heterocycles. The molecule has 78 valence electrons. The van der Waals surface area contributed by atoms with Crippen molar-refractivity contribution in [3.63, 3.8) is 0 Å². The summed E-state index contributed by atoms with van der Waals surface area (Å²) in [5.74, 6) is 0.769. The first-order valence-electron chi connectivity index (χ1n) is 4.49. The van der Waals surface area contributed by atoms with Gasteiger partial charge in [0.1, 0.15) is 0 Å². The van der Waals surface area contributed by atoms with Crippen LogP contribution in [0.1, 0.15) is 13.8 Å². The molecular weight excluding hydrogens is 246 g/mol. The Morgan fingerprint density at radius 1 is 1.43 bits per heavy atom. The Labute approximate surface area is 91.9 Å². The van der Waals surface area contributed by atoms with Gasteiger partial charge in [-0.1, -0.05) is 13.8 Å². The predicted octanol–water partition coefficient (Wildman–Crippen LogP) is 1.67. The fraction of sp³-hybridized carbons (Fsp3) is 0.556. The third-order valence-corrected chi connectivity index (χ3v) is 2.27. The minimum atomic E-state index is -0.373. The number of aliphatic hydroxyl groups is 1. The second-order valence-electron chi connectivity index (χ2n) is 3.42. The van der Waals surface area contributed by atoms with Crippen LogP contribution in [0.25, 0.3) is 0 Å². The molecule has 2 N–H and O–H groups in total. The number of aromatic nitrogens is 2. The van der Waals surface area contributed by atoms with Gasteiger partial charge in [-0.25, -0.2) is 9.97 Å². The number of aliphatic hydroxyl groups excluding tert-OH is 1. The molecule has 0 aliphatic heterocycles. The summed E-state index contributed by atoms with van der Waals surface area (Å²) in [7, 11) is 0. The van der Waals surface area contributed by atoms with Crippen molar-refractivity contribution < 1.29 is 5.11 Å². The van der Waals surface area contributed by atoms with Crippen molar-refractivity contribution in [3.8, 4) is 0 Å². The molecule has 1 heterocycles. The largest absolute Gasteiger partial charge is 0.391 e. The van der Waals surface area contributed by atoms with E-state index in [0.717, 1.165) is 4.47 Å². The van der Waals surface area contributed by atoms with Gasteiger partial charge in [-0.15, -0.1) is 0 Å². The van der Waals surface area contributed by atoms with Gasteiger partial charge in [0, 0.05) is 18.9 Å². The van der Waals surface area contributed by atoms with Gasteiger partial charge in [0.2, 0.25) is 5.95 Å². The van der Waals surface area contributed by atoms with Gasteiger partial charge in [0.15, 0.2) is 0 Å². The first-order chi connectivity index (χ1) is 6.59. The molecule has 0 aliphatic rings. The minimum Gasteiger partial charge on any atom is -0.391 e. The van der Waals surface area contributed by atoms with Crippen molar-refractivity contribution >= 4 is 21.9 Å². The Bertz CT molecular complexity index is 276. The number of rotatable bonds is 4. The second-order valence-corrected chi connectivity index (χ2v) is 4.33. The molecule has 0 fully saturated rings. The molecule has 0 aromatic carbocycles. The van der Waals surface area contributed by atoms with E-state index in [0.29, 0.717) is 12.5 Å². The first-order valence-corrected chi connectivity index (χ1v) is 5.28. The van der Waals surface area contributed by atoms with Crippen LogP contribution in [0.2, 0.25) is 0 Å². The van der Waals surface area contributed by atoms with Gasteiger partial charge in [-0.2, -0.15) is 0 Å². The summed E-state index contributed by atoms with van der Waals surface area (Å²) in [5, 5.41) is 12.5. The van der Waals surface area contributed by atoms with Gasteiger partial charge < -0.3 is 10.4 Å². The molecule has 1 unspecified atom stereocenters. The number of anilines is 1. The van der Waals surface area contributed by atoms with Crippen LogP contribution in [0, 0.1) is 5.92 Å². The Morgan fingerprint density at radius 3 is 2.50 bits per heavy atom. The van der Waals surface area contributed by atoms with Crippen LogP contribution in [0.15, 0.2) is 16.9 Å². The highest BCUT2D eigenvalue weighted by molar-refractivity contribution is 9.10. The summed E-state index contributed by atoms with van der Waals surface area (Å²) in [5.41, 5.74) is 0. The Balaban J connectivity index is 2.42. The van der Waals surface area contributed by atoms with Crippen LogP contribution in [0.4, 0.5) is 5.95 Å². The molecule has 0 aliphatic carbocycles. The number of nitrogens with zero attached hydrogens (tertiary/aromatic N) is 2. The minimum absolute atomic E-state index is 0.234. The number of halogens is 1. The summed E-state index contributed by atoms with van der Waals surface area (Å²) in [6.07, 6.45) is 2.95. The van der Waals surface area contributed by atoms with Crippen molar-refractivity contribution in [1.29, 1.82) is 0 Å². The summed E-state index contributed by atoms with van der Waals surface area (Å²) < 4.78 is 0.840. The lowest BCUT2D eigenvalue weighted by Crippen LogP contribution is -2.25. The normalized spacial score (nSPS) is 12.9. The molecule has 0 radical (unpaired) electrons. The second kappa shape index (κ2) is 5.26. The maximum absolute atomic E-state index is 9.52. The maximum atomic E-state index is 9.52. The number of hydrogen-bond donors (Lipinski definition) is 2. The highest BCUT2D eigenvalue weighted by Crippen LogP contribution is 2.07. The van der Waals surface area contributed by atoms with Crippen LogP contribution >= 0.6 is 15.9 Å². The quantitative estimate of drug-likeness (QED) is 0.864. The summed E-state index contributed by atoms with van der Waals surface area (Å²) >= 11 is 3.25. The Morgan fingerprint density at radius 2 is 2.00 bits per heavy atom. The monoisotopic (exact) mass is 259 g/mol. The molecule has 0 amide bonds. The van der Waals surface area contributed by atoms with Gasteiger partial charge >= 0.3 is 0 Å². The van der Waals surface area contributed by atoms with E-state index >= 15 is 0 Å². The fourth-order valence-corrected chi connectivity index (χ4v) is 1.04. The molecule has 1 aromatic rings. The molecule has 1 rings (SSSR count). The van der Waals surface area contributed by atoms with E-state index in [1.165, 1.54) is 0 Å². The zero-order valence-electron chi connectivity index (χ0n) is 8.24. The van der Waals surface area contributed by atoms with E-state index in [-0.39, 0.29) is 12.0 Å². The van der Waals surface area contributed by atoms with Crippen molar-refractivity contribution in [3.05, 3.63) is 16.9 Å². The van der Waals surface area contributed by atoms with Crippen LogP contribution in [-0.2, 0) is 0 Å². The van der Waals surface area contributed by atoms with E-state index in [4.69, 9.17) is 0 Å². The summed E-state index contributed by atoms with van der Waals surface area (Å²) in [6, 6.07) is 0.